The minimum Gasteiger partial charge on any atom is -0.451 e. The van der Waals surface area contributed by atoms with Crippen LogP contribution in [-0.4, -0.2) is 12.5 Å². The molecule has 0 atom stereocenters. The van der Waals surface area contributed by atoms with E-state index in [0.717, 1.165) is 21.5 Å². The van der Waals surface area contributed by atoms with Crippen molar-refractivity contribution in [3.8, 4) is 0 Å². The number of carbonyl (C=O) groups excluding carboxylic acids is 1. The van der Waals surface area contributed by atoms with Gasteiger partial charge in [-0.25, -0.2) is 0 Å². The SMILES string of the molecule is CCNC(=O)c1ccc(NCc2cc(Br)c(Br)o2)c(C)c1. The van der Waals surface area contributed by atoms with Crippen LogP contribution < -0.4 is 10.6 Å². The van der Waals surface area contributed by atoms with E-state index in [1.807, 2.05) is 38.1 Å². The average Bonchev–Trinajstić information content (AvgIpc) is 2.76. The van der Waals surface area contributed by atoms with Crippen molar-refractivity contribution in [3.63, 3.8) is 0 Å². The van der Waals surface area contributed by atoms with Crippen LogP contribution in [0.1, 0.15) is 28.6 Å². The van der Waals surface area contributed by atoms with Gasteiger partial charge in [-0.3, -0.25) is 4.79 Å². The molecule has 1 amide bonds. The maximum Gasteiger partial charge on any atom is 0.251 e. The third kappa shape index (κ3) is 4.11. The van der Waals surface area contributed by atoms with Crippen molar-refractivity contribution in [1.29, 1.82) is 0 Å². The molecule has 0 saturated carbocycles. The Morgan fingerprint density at radius 1 is 1.29 bits per heavy atom. The van der Waals surface area contributed by atoms with Crippen molar-refractivity contribution in [3.05, 3.63) is 50.3 Å². The standard InChI is InChI=1S/C15H16Br2N2O2/c1-3-18-15(20)10-4-5-13(9(2)6-10)19-8-11-7-12(16)14(17)21-11/h4-7,19H,3,8H2,1-2H3,(H,18,20). The quantitative estimate of drug-likeness (QED) is 0.757. The van der Waals surface area contributed by atoms with E-state index in [9.17, 15) is 4.79 Å². The topological polar surface area (TPSA) is 54.3 Å². The van der Waals surface area contributed by atoms with Gasteiger partial charge in [0.1, 0.15) is 5.76 Å². The molecule has 1 aromatic heterocycles. The first-order valence-electron chi connectivity index (χ1n) is 6.57. The van der Waals surface area contributed by atoms with Gasteiger partial charge in [0.25, 0.3) is 5.91 Å². The fourth-order valence-electron chi connectivity index (χ4n) is 1.93. The van der Waals surface area contributed by atoms with Crippen molar-refractivity contribution in [2.24, 2.45) is 0 Å². The van der Waals surface area contributed by atoms with Gasteiger partial charge in [-0.05, 0) is 75.5 Å². The Morgan fingerprint density at radius 3 is 2.62 bits per heavy atom. The van der Waals surface area contributed by atoms with Gasteiger partial charge in [-0.2, -0.15) is 0 Å². The molecule has 0 fully saturated rings. The Hall–Kier alpha value is -1.27. The van der Waals surface area contributed by atoms with Crippen molar-refractivity contribution < 1.29 is 9.21 Å². The molecule has 0 spiro atoms. The predicted molar refractivity (Wildman–Crippen MR) is 90.6 cm³/mol. The molecule has 6 heteroatoms. The molecule has 21 heavy (non-hydrogen) atoms. The Balaban J connectivity index is 2.05. The maximum atomic E-state index is 11.8. The van der Waals surface area contributed by atoms with Gasteiger partial charge >= 0.3 is 0 Å². The molecule has 0 aliphatic carbocycles. The average molecular weight is 416 g/mol. The molecule has 1 heterocycles. The zero-order chi connectivity index (χ0) is 15.4. The summed E-state index contributed by atoms with van der Waals surface area (Å²) >= 11 is 6.70. The van der Waals surface area contributed by atoms with Crippen LogP contribution >= 0.6 is 31.9 Å². The number of furan rings is 1. The van der Waals surface area contributed by atoms with Gasteiger partial charge in [-0.15, -0.1) is 0 Å². The maximum absolute atomic E-state index is 11.8. The highest BCUT2D eigenvalue weighted by Crippen LogP contribution is 2.27. The van der Waals surface area contributed by atoms with E-state index in [1.54, 1.807) is 0 Å². The summed E-state index contributed by atoms with van der Waals surface area (Å²) in [5.74, 6) is 0.770. The van der Waals surface area contributed by atoms with Gasteiger partial charge in [0, 0.05) is 17.8 Å². The molecular weight excluding hydrogens is 400 g/mol. The molecule has 1 aromatic carbocycles. The molecule has 0 unspecified atom stereocenters. The van der Waals surface area contributed by atoms with Crippen LogP contribution in [0.3, 0.4) is 0 Å². The largest absolute Gasteiger partial charge is 0.451 e. The van der Waals surface area contributed by atoms with Crippen molar-refractivity contribution in [1.82, 2.24) is 5.32 Å². The van der Waals surface area contributed by atoms with E-state index in [-0.39, 0.29) is 5.91 Å². The van der Waals surface area contributed by atoms with Crippen molar-refractivity contribution >= 4 is 43.5 Å². The highest BCUT2D eigenvalue weighted by atomic mass is 79.9. The first-order valence-corrected chi connectivity index (χ1v) is 8.16. The second-order valence-electron chi connectivity index (χ2n) is 4.58. The molecule has 4 nitrogen and oxygen atoms in total. The smallest absolute Gasteiger partial charge is 0.251 e. The number of halogens is 2. The van der Waals surface area contributed by atoms with E-state index < -0.39 is 0 Å². The summed E-state index contributed by atoms with van der Waals surface area (Å²) in [5.41, 5.74) is 2.67. The summed E-state index contributed by atoms with van der Waals surface area (Å²) in [6.07, 6.45) is 0. The van der Waals surface area contributed by atoms with Gasteiger partial charge in [0.15, 0.2) is 4.67 Å². The van der Waals surface area contributed by atoms with E-state index in [1.165, 1.54) is 0 Å². The Labute approximate surface area is 140 Å². The zero-order valence-electron chi connectivity index (χ0n) is 11.8. The number of nitrogens with one attached hydrogen (secondary N) is 2. The minimum atomic E-state index is -0.0500. The molecule has 0 saturated heterocycles. The van der Waals surface area contributed by atoms with Crippen molar-refractivity contribution in [2.75, 3.05) is 11.9 Å². The monoisotopic (exact) mass is 414 g/mol. The summed E-state index contributed by atoms with van der Waals surface area (Å²) in [4.78, 5) is 11.8. The lowest BCUT2D eigenvalue weighted by atomic mass is 10.1. The highest BCUT2D eigenvalue weighted by molar-refractivity contribution is 9.13. The Morgan fingerprint density at radius 2 is 2.05 bits per heavy atom. The van der Waals surface area contributed by atoms with Crippen LogP contribution in [0.2, 0.25) is 0 Å². The minimum absolute atomic E-state index is 0.0500. The van der Waals surface area contributed by atoms with Crippen LogP contribution in [0.5, 0.6) is 0 Å². The lowest BCUT2D eigenvalue weighted by molar-refractivity contribution is 0.0956. The number of benzene rings is 1. The number of carbonyl (C=O) groups is 1. The van der Waals surface area contributed by atoms with Crippen LogP contribution in [0.25, 0.3) is 0 Å². The Kier molecular flexibility index (Phi) is 5.47. The highest BCUT2D eigenvalue weighted by Gasteiger charge is 2.09. The number of hydrogen-bond acceptors (Lipinski definition) is 3. The molecule has 112 valence electrons. The molecule has 0 aliphatic heterocycles. The van der Waals surface area contributed by atoms with Gasteiger partial charge in [0.05, 0.1) is 11.0 Å². The molecular formula is C15H16Br2N2O2. The van der Waals surface area contributed by atoms with Gasteiger partial charge in [-0.1, -0.05) is 0 Å². The van der Waals surface area contributed by atoms with E-state index in [2.05, 4.69) is 42.5 Å². The second-order valence-corrected chi connectivity index (χ2v) is 6.15. The lowest BCUT2D eigenvalue weighted by Gasteiger charge is -2.10. The number of aryl methyl sites for hydroxylation is 1. The number of rotatable bonds is 5. The molecule has 2 N–H and O–H groups in total. The fraction of sp³-hybridized carbons (Fsp3) is 0.267. The van der Waals surface area contributed by atoms with E-state index in [4.69, 9.17) is 4.42 Å². The van der Waals surface area contributed by atoms with Crippen LogP contribution in [0, 0.1) is 6.92 Å². The van der Waals surface area contributed by atoms with Gasteiger partial charge < -0.3 is 15.1 Å². The normalized spacial score (nSPS) is 10.5. The third-order valence-electron chi connectivity index (χ3n) is 2.98. The van der Waals surface area contributed by atoms with Crippen LogP contribution in [0.15, 0.2) is 37.8 Å². The fourth-order valence-corrected chi connectivity index (χ4v) is 2.59. The summed E-state index contributed by atoms with van der Waals surface area (Å²) in [6.45, 7) is 5.07. The first kappa shape index (κ1) is 16.1. The summed E-state index contributed by atoms with van der Waals surface area (Å²) in [6, 6.07) is 7.51. The Bertz CT molecular complexity index is 634. The molecule has 2 rings (SSSR count). The van der Waals surface area contributed by atoms with Crippen LogP contribution in [0.4, 0.5) is 5.69 Å². The van der Waals surface area contributed by atoms with Gasteiger partial charge in [0.2, 0.25) is 0 Å². The van der Waals surface area contributed by atoms with E-state index >= 15 is 0 Å². The molecule has 0 bridgehead atoms. The third-order valence-corrected chi connectivity index (χ3v) is 4.69. The molecule has 2 aromatic rings. The molecule has 0 radical (unpaired) electrons. The number of anilines is 1. The summed E-state index contributed by atoms with van der Waals surface area (Å²) in [7, 11) is 0. The number of amides is 1. The predicted octanol–water partition coefficient (Wildman–Crippen LogP) is 4.47. The summed E-state index contributed by atoms with van der Waals surface area (Å²) in [5, 5.41) is 6.09. The molecule has 0 aliphatic rings. The number of hydrogen-bond donors (Lipinski definition) is 2. The van der Waals surface area contributed by atoms with E-state index in [0.29, 0.717) is 23.3 Å². The van der Waals surface area contributed by atoms with Crippen molar-refractivity contribution in [2.45, 2.75) is 20.4 Å². The van der Waals surface area contributed by atoms with Crippen LogP contribution in [-0.2, 0) is 6.54 Å². The lowest BCUT2D eigenvalue weighted by Crippen LogP contribution is -2.22. The first-order chi connectivity index (χ1) is 10.0. The zero-order valence-corrected chi connectivity index (χ0v) is 15.0. The second kappa shape index (κ2) is 7.13. The summed E-state index contributed by atoms with van der Waals surface area (Å²) < 4.78 is 7.09.